The molecule has 160 valence electrons. The minimum Gasteiger partial charge on any atom is -0.504 e. The molecule has 0 aromatic heterocycles. The smallest absolute Gasteiger partial charge is 0.410 e. The first-order chi connectivity index (χ1) is 14.0. The standard InChI is InChI=1S/C22H32N2O5/c1-15-4-3-5-18(12-15)29-22(27)24-10-8-17(9-11-24)21(26)23-14-16-6-7-19(25)20(13-16)28-2/h6-7,13,15,17-18,25H,3-5,8-12,14H2,1-2H3,(H,23,26)/t15-,18+/m1/s1. The Morgan fingerprint density at radius 3 is 2.66 bits per heavy atom. The van der Waals surface area contributed by atoms with Gasteiger partial charge in [-0.1, -0.05) is 19.4 Å². The lowest BCUT2D eigenvalue weighted by Crippen LogP contribution is -2.44. The number of carbonyl (C=O) groups excluding carboxylic acids is 2. The van der Waals surface area contributed by atoms with E-state index < -0.39 is 0 Å². The molecule has 1 aliphatic carbocycles. The molecule has 2 fully saturated rings. The van der Waals surface area contributed by atoms with Crippen molar-refractivity contribution in [3.8, 4) is 11.5 Å². The summed E-state index contributed by atoms with van der Waals surface area (Å²) >= 11 is 0. The molecular formula is C22H32N2O5. The number of nitrogens with one attached hydrogen (secondary N) is 1. The summed E-state index contributed by atoms with van der Waals surface area (Å²) in [4.78, 5) is 26.6. The van der Waals surface area contributed by atoms with Crippen molar-refractivity contribution in [2.45, 2.75) is 58.1 Å². The number of amides is 2. The van der Waals surface area contributed by atoms with Gasteiger partial charge in [0, 0.05) is 25.6 Å². The number of phenolic OH excluding ortho intramolecular Hbond substituents is 1. The summed E-state index contributed by atoms with van der Waals surface area (Å²) in [5, 5.41) is 12.6. The average molecular weight is 405 g/mol. The quantitative estimate of drug-likeness (QED) is 0.785. The van der Waals surface area contributed by atoms with Crippen molar-refractivity contribution in [1.82, 2.24) is 10.2 Å². The van der Waals surface area contributed by atoms with Gasteiger partial charge in [0.1, 0.15) is 6.10 Å². The molecule has 1 aromatic carbocycles. The van der Waals surface area contributed by atoms with Crippen molar-refractivity contribution < 1.29 is 24.2 Å². The normalized spacial score (nSPS) is 22.8. The first-order valence-electron chi connectivity index (χ1n) is 10.6. The van der Waals surface area contributed by atoms with E-state index in [4.69, 9.17) is 9.47 Å². The number of hydrogen-bond donors (Lipinski definition) is 2. The van der Waals surface area contributed by atoms with Gasteiger partial charge in [-0.25, -0.2) is 4.79 Å². The molecule has 0 bridgehead atoms. The molecule has 2 atom stereocenters. The molecule has 29 heavy (non-hydrogen) atoms. The van der Waals surface area contributed by atoms with Crippen molar-refractivity contribution in [3.05, 3.63) is 23.8 Å². The summed E-state index contributed by atoms with van der Waals surface area (Å²) in [5.74, 6) is 0.962. The van der Waals surface area contributed by atoms with Crippen molar-refractivity contribution in [2.75, 3.05) is 20.2 Å². The maximum Gasteiger partial charge on any atom is 0.410 e. The van der Waals surface area contributed by atoms with E-state index in [0.29, 0.717) is 44.1 Å². The summed E-state index contributed by atoms with van der Waals surface area (Å²) in [6, 6.07) is 5.01. The van der Waals surface area contributed by atoms with Crippen LogP contribution in [0.4, 0.5) is 4.79 Å². The molecule has 7 nitrogen and oxygen atoms in total. The van der Waals surface area contributed by atoms with Crippen molar-refractivity contribution in [1.29, 1.82) is 0 Å². The second kappa shape index (κ2) is 9.85. The first kappa shape index (κ1) is 21.3. The van der Waals surface area contributed by atoms with Crippen LogP contribution in [0.25, 0.3) is 0 Å². The molecule has 1 aliphatic heterocycles. The molecule has 1 saturated heterocycles. The Kier molecular flexibility index (Phi) is 7.23. The summed E-state index contributed by atoms with van der Waals surface area (Å²) < 4.78 is 10.8. The number of likely N-dealkylation sites (tertiary alicyclic amines) is 1. The monoisotopic (exact) mass is 404 g/mol. The molecule has 0 spiro atoms. The number of hydrogen-bond acceptors (Lipinski definition) is 5. The van der Waals surface area contributed by atoms with E-state index in [1.165, 1.54) is 13.5 Å². The summed E-state index contributed by atoms with van der Waals surface area (Å²) in [6.45, 7) is 3.67. The largest absolute Gasteiger partial charge is 0.504 e. The van der Waals surface area contributed by atoms with Crippen LogP contribution in [0.15, 0.2) is 18.2 Å². The summed E-state index contributed by atoms with van der Waals surface area (Å²) in [6.07, 6.45) is 5.32. The highest BCUT2D eigenvalue weighted by atomic mass is 16.6. The predicted molar refractivity (Wildman–Crippen MR) is 109 cm³/mol. The lowest BCUT2D eigenvalue weighted by molar-refractivity contribution is -0.126. The van der Waals surface area contributed by atoms with E-state index in [0.717, 1.165) is 24.8 Å². The molecule has 1 saturated carbocycles. The fraction of sp³-hybridized carbons (Fsp3) is 0.636. The Hall–Kier alpha value is -2.44. The molecule has 0 unspecified atom stereocenters. The molecule has 1 heterocycles. The van der Waals surface area contributed by atoms with Crippen LogP contribution in [0, 0.1) is 11.8 Å². The molecule has 2 aliphatic rings. The van der Waals surface area contributed by atoms with E-state index in [9.17, 15) is 14.7 Å². The topological polar surface area (TPSA) is 88.1 Å². The van der Waals surface area contributed by atoms with Crippen molar-refractivity contribution in [2.24, 2.45) is 11.8 Å². The van der Waals surface area contributed by atoms with Crippen molar-refractivity contribution in [3.63, 3.8) is 0 Å². The van der Waals surface area contributed by atoms with E-state index in [-0.39, 0.29) is 29.8 Å². The van der Waals surface area contributed by atoms with Crippen LogP contribution in [0.3, 0.4) is 0 Å². The zero-order valence-corrected chi connectivity index (χ0v) is 17.4. The Labute approximate surface area is 172 Å². The zero-order chi connectivity index (χ0) is 20.8. The van der Waals surface area contributed by atoms with Gasteiger partial charge in [0.05, 0.1) is 7.11 Å². The average Bonchev–Trinajstić information content (AvgIpc) is 2.73. The Morgan fingerprint density at radius 2 is 1.97 bits per heavy atom. The molecule has 3 rings (SSSR count). The zero-order valence-electron chi connectivity index (χ0n) is 17.4. The van der Waals surface area contributed by atoms with E-state index in [2.05, 4.69) is 12.2 Å². The van der Waals surface area contributed by atoms with Gasteiger partial charge in [-0.15, -0.1) is 0 Å². The van der Waals surface area contributed by atoms with Crippen LogP contribution in [0.5, 0.6) is 11.5 Å². The second-order valence-corrected chi connectivity index (χ2v) is 8.26. The molecule has 2 amide bonds. The van der Waals surface area contributed by atoms with Gasteiger partial charge < -0.3 is 24.8 Å². The minimum atomic E-state index is -0.237. The summed E-state index contributed by atoms with van der Waals surface area (Å²) in [7, 11) is 1.49. The number of ether oxygens (including phenoxy) is 2. The maximum absolute atomic E-state index is 12.5. The predicted octanol–water partition coefficient (Wildman–Crippen LogP) is 3.44. The minimum absolute atomic E-state index is 0.00818. The molecule has 0 radical (unpaired) electrons. The third-order valence-corrected chi connectivity index (χ3v) is 5.99. The van der Waals surface area contributed by atoms with Crippen LogP contribution >= 0.6 is 0 Å². The van der Waals surface area contributed by atoms with Crippen LogP contribution in [0.2, 0.25) is 0 Å². The van der Waals surface area contributed by atoms with Gasteiger partial charge in [0.2, 0.25) is 5.91 Å². The molecule has 1 aromatic rings. The van der Waals surface area contributed by atoms with Crippen LogP contribution in [0.1, 0.15) is 51.0 Å². The van der Waals surface area contributed by atoms with E-state index in [1.54, 1.807) is 23.1 Å². The highest BCUT2D eigenvalue weighted by molar-refractivity contribution is 5.79. The Balaban J connectivity index is 1.41. The Bertz CT molecular complexity index is 715. The van der Waals surface area contributed by atoms with Crippen molar-refractivity contribution >= 4 is 12.0 Å². The van der Waals surface area contributed by atoms with Gasteiger partial charge in [-0.05, 0) is 55.7 Å². The van der Waals surface area contributed by atoms with Crippen LogP contribution < -0.4 is 10.1 Å². The fourth-order valence-electron chi connectivity index (χ4n) is 4.19. The van der Waals surface area contributed by atoms with Gasteiger partial charge in [0.15, 0.2) is 11.5 Å². The third-order valence-electron chi connectivity index (χ3n) is 5.99. The lowest BCUT2D eigenvalue weighted by Gasteiger charge is -2.33. The SMILES string of the molecule is COc1cc(CNC(=O)C2CCN(C(=O)O[C@H]3CCC[C@@H](C)C3)CC2)ccc1O. The highest BCUT2D eigenvalue weighted by Crippen LogP contribution is 2.28. The lowest BCUT2D eigenvalue weighted by atomic mass is 9.89. The Morgan fingerprint density at radius 1 is 1.21 bits per heavy atom. The molecule has 2 N–H and O–H groups in total. The number of nitrogens with zero attached hydrogens (tertiary/aromatic N) is 1. The van der Waals surface area contributed by atoms with E-state index in [1.807, 2.05) is 0 Å². The number of aromatic hydroxyl groups is 1. The molecule has 7 heteroatoms. The van der Waals surface area contributed by atoms with Crippen LogP contribution in [-0.2, 0) is 16.1 Å². The third kappa shape index (κ3) is 5.78. The molecular weight excluding hydrogens is 372 g/mol. The van der Waals surface area contributed by atoms with Gasteiger partial charge >= 0.3 is 6.09 Å². The second-order valence-electron chi connectivity index (χ2n) is 8.26. The first-order valence-corrected chi connectivity index (χ1v) is 10.6. The number of rotatable bonds is 5. The van der Waals surface area contributed by atoms with Gasteiger partial charge in [-0.2, -0.15) is 0 Å². The number of benzene rings is 1. The number of carbonyl (C=O) groups is 2. The number of piperidine rings is 1. The maximum atomic E-state index is 12.5. The number of phenols is 1. The van der Waals surface area contributed by atoms with Gasteiger partial charge in [-0.3, -0.25) is 4.79 Å². The van der Waals surface area contributed by atoms with E-state index >= 15 is 0 Å². The number of methoxy groups -OCH3 is 1. The van der Waals surface area contributed by atoms with Crippen LogP contribution in [-0.4, -0.2) is 48.3 Å². The fourth-order valence-corrected chi connectivity index (χ4v) is 4.19. The van der Waals surface area contributed by atoms with Gasteiger partial charge in [0.25, 0.3) is 0 Å². The summed E-state index contributed by atoms with van der Waals surface area (Å²) in [5.41, 5.74) is 0.857. The highest BCUT2D eigenvalue weighted by Gasteiger charge is 2.30.